The predicted molar refractivity (Wildman–Crippen MR) is 74.0 cm³/mol. The Morgan fingerprint density at radius 3 is 2.50 bits per heavy atom. The average Bonchev–Trinajstić information content (AvgIpc) is 2.65. The van der Waals surface area contributed by atoms with E-state index in [0.29, 0.717) is 12.1 Å². The molecule has 2 nitrogen and oxygen atoms in total. The molecule has 2 atom stereocenters. The van der Waals surface area contributed by atoms with E-state index in [0.717, 1.165) is 24.0 Å². The van der Waals surface area contributed by atoms with Crippen LogP contribution in [0.3, 0.4) is 0 Å². The lowest BCUT2D eigenvalue weighted by atomic mass is 10.1. The highest BCUT2D eigenvalue weighted by Gasteiger charge is 2.24. The summed E-state index contributed by atoms with van der Waals surface area (Å²) in [6, 6.07) is 9.40. The second-order valence-electron chi connectivity index (χ2n) is 4.27. The summed E-state index contributed by atoms with van der Waals surface area (Å²) < 4.78 is 1.14. The molecule has 0 bridgehead atoms. The summed E-state index contributed by atoms with van der Waals surface area (Å²) in [6.07, 6.45) is 1.13. The van der Waals surface area contributed by atoms with Gasteiger partial charge < -0.3 is 5.73 Å². The molecule has 1 aliphatic heterocycles. The molecule has 16 heavy (non-hydrogen) atoms. The Hall–Kier alpha value is -0.0900. The first kappa shape index (κ1) is 14.0. The fraction of sp³-hybridized carbons (Fsp3) is 0.500. The van der Waals surface area contributed by atoms with Gasteiger partial charge in [0.25, 0.3) is 0 Å². The van der Waals surface area contributed by atoms with E-state index >= 15 is 0 Å². The predicted octanol–water partition coefficient (Wildman–Crippen LogP) is 2.96. The van der Waals surface area contributed by atoms with Crippen LogP contribution in [0.25, 0.3) is 0 Å². The van der Waals surface area contributed by atoms with Crippen LogP contribution in [-0.2, 0) is 0 Å². The van der Waals surface area contributed by atoms with E-state index < -0.39 is 0 Å². The van der Waals surface area contributed by atoms with E-state index in [-0.39, 0.29) is 12.4 Å². The molecular weight excluding hydrogens is 288 g/mol. The number of benzene rings is 1. The lowest BCUT2D eigenvalue weighted by Crippen LogP contribution is -2.28. The zero-order valence-electron chi connectivity index (χ0n) is 9.40. The van der Waals surface area contributed by atoms with Gasteiger partial charge in [-0.3, -0.25) is 4.90 Å². The fourth-order valence-electron chi connectivity index (χ4n) is 2.12. The van der Waals surface area contributed by atoms with Crippen LogP contribution in [0.4, 0.5) is 0 Å². The van der Waals surface area contributed by atoms with Gasteiger partial charge in [0.05, 0.1) is 0 Å². The minimum absolute atomic E-state index is 0. The fourth-order valence-corrected chi connectivity index (χ4v) is 2.38. The van der Waals surface area contributed by atoms with Crippen molar-refractivity contribution in [1.29, 1.82) is 0 Å². The van der Waals surface area contributed by atoms with E-state index in [2.05, 4.69) is 52.0 Å². The van der Waals surface area contributed by atoms with Crippen LogP contribution >= 0.6 is 28.3 Å². The molecule has 2 unspecified atom stereocenters. The molecule has 1 aliphatic rings. The smallest absolute Gasteiger partial charge is 0.0320 e. The minimum atomic E-state index is 0. The van der Waals surface area contributed by atoms with Gasteiger partial charge in [-0.1, -0.05) is 28.1 Å². The average molecular weight is 306 g/mol. The van der Waals surface area contributed by atoms with E-state index in [4.69, 9.17) is 5.73 Å². The van der Waals surface area contributed by atoms with E-state index in [9.17, 15) is 0 Å². The number of rotatable bonds is 2. The van der Waals surface area contributed by atoms with Crippen LogP contribution in [0.15, 0.2) is 28.7 Å². The first-order valence-electron chi connectivity index (χ1n) is 5.42. The summed E-state index contributed by atoms with van der Waals surface area (Å²) in [5.41, 5.74) is 7.28. The van der Waals surface area contributed by atoms with Gasteiger partial charge in [-0.15, -0.1) is 12.4 Å². The Morgan fingerprint density at radius 2 is 2.00 bits per heavy atom. The number of likely N-dealkylation sites (tertiary alicyclic amines) is 1. The molecular formula is C12H18BrClN2. The summed E-state index contributed by atoms with van der Waals surface area (Å²) in [5, 5.41) is 0. The molecule has 0 saturated carbocycles. The van der Waals surface area contributed by atoms with Crippen molar-refractivity contribution in [3.63, 3.8) is 0 Å². The summed E-state index contributed by atoms with van der Waals surface area (Å²) in [7, 11) is 0. The highest BCUT2D eigenvalue weighted by atomic mass is 79.9. The molecule has 0 aromatic heterocycles. The number of nitrogens with two attached hydrogens (primary N) is 1. The first-order chi connectivity index (χ1) is 7.16. The molecule has 90 valence electrons. The zero-order valence-corrected chi connectivity index (χ0v) is 11.8. The SMILES string of the molecule is CC(c1ccc(Br)cc1)N1CCC(N)C1.Cl. The largest absolute Gasteiger partial charge is 0.326 e. The molecule has 0 radical (unpaired) electrons. The van der Waals surface area contributed by atoms with E-state index in [1.165, 1.54) is 5.56 Å². The third-order valence-corrected chi connectivity index (χ3v) is 3.68. The number of hydrogen-bond donors (Lipinski definition) is 1. The highest BCUT2D eigenvalue weighted by molar-refractivity contribution is 9.10. The van der Waals surface area contributed by atoms with Crippen LogP contribution in [0, 0.1) is 0 Å². The van der Waals surface area contributed by atoms with Crippen molar-refractivity contribution in [2.75, 3.05) is 13.1 Å². The van der Waals surface area contributed by atoms with Gasteiger partial charge >= 0.3 is 0 Å². The molecule has 1 aromatic rings. The van der Waals surface area contributed by atoms with Crippen LogP contribution in [0.2, 0.25) is 0 Å². The Bertz CT molecular complexity index is 328. The van der Waals surface area contributed by atoms with Crippen LogP contribution < -0.4 is 5.73 Å². The molecule has 2 rings (SSSR count). The van der Waals surface area contributed by atoms with Crippen LogP contribution in [0.5, 0.6) is 0 Å². The number of hydrogen-bond acceptors (Lipinski definition) is 2. The third kappa shape index (κ3) is 3.20. The Morgan fingerprint density at radius 1 is 1.38 bits per heavy atom. The van der Waals surface area contributed by atoms with Crippen molar-refractivity contribution in [3.05, 3.63) is 34.3 Å². The number of halogens is 2. The zero-order chi connectivity index (χ0) is 10.8. The molecule has 0 amide bonds. The lowest BCUT2D eigenvalue weighted by Gasteiger charge is -2.24. The second kappa shape index (κ2) is 6.01. The summed E-state index contributed by atoms with van der Waals surface area (Å²) in [4.78, 5) is 2.45. The maximum atomic E-state index is 5.92. The Labute approximate surface area is 112 Å². The van der Waals surface area contributed by atoms with Gasteiger partial charge in [-0.2, -0.15) is 0 Å². The normalized spacial score (nSPS) is 22.8. The Balaban J connectivity index is 0.00000128. The van der Waals surface area contributed by atoms with Crippen molar-refractivity contribution in [2.45, 2.75) is 25.4 Å². The maximum absolute atomic E-state index is 5.92. The van der Waals surface area contributed by atoms with Gasteiger partial charge in [0.1, 0.15) is 0 Å². The van der Waals surface area contributed by atoms with Crippen molar-refractivity contribution >= 4 is 28.3 Å². The van der Waals surface area contributed by atoms with Crippen LogP contribution in [-0.4, -0.2) is 24.0 Å². The van der Waals surface area contributed by atoms with Gasteiger partial charge in [0, 0.05) is 29.6 Å². The molecule has 1 saturated heterocycles. The monoisotopic (exact) mass is 304 g/mol. The topological polar surface area (TPSA) is 29.3 Å². The molecule has 0 aliphatic carbocycles. The maximum Gasteiger partial charge on any atom is 0.0320 e. The van der Waals surface area contributed by atoms with Crippen molar-refractivity contribution in [1.82, 2.24) is 4.90 Å². The second-order valence-corrected chi connectivity index (χ2v) is 5.19. The van der Waals surface area contributed by atoms with Gasteiger partial charge in [0.15, 0.2) is 0 Å². The highest BCUT2D eigenvalue weighted by Crippen LogP contribution is 2.25. The summed E-state index contributed by atoms with van der Waals surface area (Å²) in [5.74, 6) is 0. The van der Waals surface area contributed by atoms with Crippen molar-refractivity contribution < 1.29 is 0 Å². The molecule has 4 heteroatoms. The lowest BCUT2D eigenvalue weighted by molar-refractivity contribution is 0.260. The van der Waals surface area contributed by atoms with Gasteiger partial charge in [-0.05, 0) is 31.0 Å². The summed E-state index contributed by atoms with van der Waals surface area (Å²) >= 11 is 3.45. The van der Waals surface area contributed by atoms with Gasteiger partial charge in [0.2, 0.25) is 0 Å². The van der Waals surface area contributed by atoms with Crippen molar-refractivity contribution in [2.24, 2.45) is 5.73 Å². The molecule has 1 aromatic carbocycles. The quantitative estimate of drug-likeness (QED) is 0.910. The molecule has 1 heterocycles. The molecule has 2 N–H and O–H groups in total. The third-order valence-electron chi connectivity index (χ3n) is 3.16. The molecule has 1 fully saturated rings. The standard InChI is InChI=1S/C12H17BrN2.ClH/c1-9(15-7-6-12(14)8-15)10-2-4-11(13)5-3-10;/h2-5,9,12H,6-8,14H2,1H3;1H. The number of nitrogens with zero attached hydrogens (tertiary/aromatic N) is 1. The Kier molecular flexibility index (Phi) is 5.25. The van der Waals surface area contributed by atoms with Gasteiger partial charge in [-0.25, -0.2) is 0 Å². The van der Waals surface area contributed by atoms with E-state index in [1.54, 1.807) is 0 Å². The van der Waals surface area contributed by atoms with E-state index in [1.807, 2.05) is 0 Å². The van der Waals surface area contributed by atoms with Crippen LogP contribution in [0.1, 0.15) is 24.9 Å². The van der Waals surface area contributed by atoms with Crippen molar-refractivity contribution in [3.8, 4) is 0 Å². The summed E-state index contributed by atoms with van der Waals surface area (Å²) in [6.45, 7) is 4.40. The minimum Gasteiger partial charge on any atom is -0.326 e. The molecule has 0 spiro atoms. The first-order valence-corrected chi connectivity index (χ1v) is 6.21.